The van der Waals surface area contributed by atoms with Crippen LogP contribution in [0.15, 0.2) is 48.7 Å². The number of nitrogens with zero attached hydrogens (tertiary/aromatic N) is 1. The van der Waals surface area contributed by atoms with Gasteiger partial charge in [-0.25, -0.2) is 0 Å². The monoisotopic (exact) mass is 379 g/mol. The van der Waals surface area contributed by atoms with Crippen molar-refractivity contribution < 1.29 is 23.8 Å². The van der Waals surface area contributed by atoms with E-state index in [1.807, 2.05) is 24.3 Å². The van der Waals surface area contributed by atoms with Gasteiger partial charge in [0.2, 0.25) is 11.7 Å². The van der Waals surface area contributed by atoms with Crippen LogP contribution in [0.3, 0.4) is 0 Å². The van der Waals surface area contributed by atoms with Gasteiger partial charge in [0.25, 0.3) is 0 Å². The lowest BCUT2D eigenvalue weighted by atomic mass is 10.1. The second-order valence-electron chi connectivity index (χ2n) is 6.10. The molecule has 3 aromatic rings. The molecular formula is C22H21NO5. The average Bonchev–Trinajstić information content (AvgIpc) is 3.09. The van der Waals surface area contributed by atoms with Crippen LogP contribution in [-0.4, -0.2) is 37.6 Å². The number of aromatic nitrogens is 1. The summed E-state index contributed by atoms with van der Waals surface area (Å²) in [5.74, 6) is 0.930. The smallest absolute Gasteiger partial charge is 0.227 e. The van der Waals surface area contributed by atoms with E-state index in [4.69, 9.17) is 14.2 Å². The summed E-state index contributed by atoms with van der Waals surface area (Å²) < 4.78 is 17.4. The molecule has 6 nitrogen and oxygen atoms in total. The minimum absolute atomic E-state index is 0.0909. The van der Waals surface area contributed by atoms with Crippen LogP contribution in [0.1, 0.15) is 27.6 Å². The highest BCUT2D eigenvalue weighted by molar-refractivity contribution is 6.09. The number of carbonyl (C=O) groups excluding carboxylic acids is 2. The summed E-state index contributed by atoms with van der Waals surface area (Å²) in [6.45, 7) is 1.50. The van der Waals surface area contributed by atoms with Gasteiger partial charge in [0.1, 0.15) is 0 Å². The first kappa shape index (κ1) is 19.2. The lowest BCUT2D eigenvalue weighted by Crippen LogP contribution is -2.02. The molecule has 0 spiro atoms. The number of methoxy groups -OCH3 is 3. The second kappa shape index (κ2) is 8.00. The highest BCUT2D eigenvalue weighted by atomic mass is 16.5. The third-order valence-corrected chi connectivity index (χ3v) is 4.45. The van der Waals surface area contributed by atoms with Crippen molar-refractivity contribution in [2.75, 3.05) is 21.3 Å². The molecule has 6 heteroatoms. The van der Waals surface area contributed by atoms with Gasteiger partial charge >= 0.3 is 0 Å². The topological polar surface area (TPSA) is 66.8 Å². The molecule has 2 aromatic carbocycles. The van der Waals surface area contributed by atoms with Gasteiger partial charge < -0.3 is 14.2 Å². The first-order valence-electron chi connectivity index (χ1n) is 8.63. The van der Waals surface area contributed by atoms with Gasteiger partial charge in [-0.3, -0.25) is 14.2 Å². The van der Waals surface area contributed by atoms with Crippen molar-refractivity contribution >= 4 is 28.7 Å². The zero-order valence-corrected chi connectivity index (χ0v) is 16.2. The first-order chi connectivity index (χ1) is 13.5. The molecule has 0 aliphatic rings. The molecule has 0 amide bonds. The van der Waals surface area contributed by atoms with Crippen LogP contribution >= 0.6 is 0 Å². The number of fused-ring (bicyclic) bond motifs is 1. The standard InChI is InChI=1S/C22H21NO5/c1-14(24)23-13-15(17-7-5-6-8-18(17)23)9-10-19(25)16-11-20(26-2)22(28-4)21(12-16)27-3/h5-13H,1-4H3. The van der Waals surface area contributed by atoms with Crippen LogP contribution in [0, 0.1) is 0 Å². The molecule has 0 bridgehead atoms. The molecule has 0 N–H and O–H groups in total. The van der Waals surface area contributed by atoms with Gasteiger partial charge in [-0.2, -0.15) is 0 Å². The number of allylic oxidation sites excluding steroid dienone is 1. The Hall–Kier alpha value is -3.54. The molecule has 0 atom stereocenters. The minimum Gasteiger partial charge on any atom is -0.493 e. The maximum absolute atomic E-state index is 12.7. The van der Waals surface area contributed by atoms with Gasteiger partial charge in [0.15, 0.2) is 17.3 Å². The molecule has 0 aliphatic carbocycles. The van der Waals surface area contributed by atoms with Crippen LogP contribution < -0.4 is 14.2 Å². The number of hydrogen-bond donors (Lipinski definition) is 0. The van der Waals surface area contributed by atoms with Crippen LogP contribution in [0.25, 0.3) is 17.0 Å². The Labute approximate surface area is 162 Å². The van der Waals surface area contributed by atoms with E-state index in [0.29, 0.717) is 22.8 Å². The number of para-hydroxylation sites is 1. The SMILES string of the molecule is COc1cc(C(=O)C=Cc2cn(C(C)=O)c3ccccc23)cc(OC)c1OC. The summed E-state index contributed by atoms with van der Waals surface area (Å²) >= 11 is 0. The van der Waals surface area contributed by atoms with Crippen LogP contribution in [0.4, 0.5) is 0 Å². The summed E-state index contributed by atoms with van der Waals surface area (Å²) in [6, 6.07) is 10.8. The Morgan fingerprint density at radius 1 is 0.964 bits per heavy atom. The summed E-state index contributed by atoms with van der Waals surface area (Å²) in [7, 11) is 4.50. The molecule has 28 heavy (non-hydrogen) atoms. The van der Waals surface area contributed by atoms with E-state index in [2.05, 4.69) is 0 Å². The van der Waals surface area contributed by atoms with E-state index in [1.165, 1.54) is 34.3 Å². The van der Waals surface area contributed by atoms with E-state index in [-0.39, 0.29) is 11.7 Å². The number of hydrogen-bond acceptors (Lipinski definition) is 5. The van der Waals surface area contributed by atoms with Crippen molar-refractivity contribution in [1.82, 2.24) is 4.57 Å². The molecule has 0 saturated heterocycles. The third-order valence-electron chi connectivity index (χ3n) is 4.45. The molecule has 0 fully saturated rings. The highest BCUT2D eigenvalue weighted by Gasteiger charge is 2.16. The molecule has 0 saturated carbocycles. The zero-order valence-electron chi connectivity index (χ0n) is 16.2. The van der Waals surface area contributed by atoms with E-state index < -0.39 is 0 Å². The fourth-order valence-corrected chi connectivity index (χ4v) is 3.08. The van der Waals surface area contributed by atoms with Crippen LogP contribution in [0.2, 0.25) is 0 Å². The van der Waals surface area contributed by atoms with Crippen molar-refractivity contribution in [3.05, 3.63) is 59.8 Å². The molecule has 1 heterocycles. The normalized spacial score (nSPS) is 11.0. The quantitative estimate of drug-likeness (QED) is 0.474. The zero-order chi connectivity index (χ0) is 20.3. The summed E-state index contributed by atoms with van der Waals surface area (Å²) in [5, 5.41) is 0.895. The maximum Gasteiger partial charge on any atom is 0.227 e. The largest absolute Gasteiger partial charge is 0.493 e. The molecule has 0 unspecified atom stereocenters. The Balaban J connectivity index is 1.99. The van der Waals surface area contributed by atoms with Gasteiger partial charge in [0.05, 0.1) is 26.8 Å². The Bertz CT molecular complexity index is 1050. The van der Waals surface area contributed by atoms with Gasteiger partial charge in [0, 0.05) is 29.6 Å². The van der Waals surface area contributed by atoms with Crippen molar-refractivity contribution in [3.63, 3.8) is 0 Å². The summed E-state index contributed by atoms with van der Waals surface area (Å²) in [5.41, 5.74) is 1.99. The Morgan fingerprint density at radius 3 is 2.18 bits per heavy atom. The van der Waals surface area contributed by atoms with E-state index in [1.54, 1.807) is 29.0 Å². The highest BCUT2D eigenvalue weighted by Crippen LogP contribution is 2.38. The second-order valence-corrected chi connectivity index (χ2v) is 6.10. The number of benzene rings is 2. The number of carbonyl (C=O) groups is 2. The lowest BCUT2D eigenvalue weighted by Gasteiger charge is -2.13. The average molecular weight is 379 g/mol. The number of ether oxygens (including phenoxy) is 3. The molecule has 0 aliphatic heterocycles. The predicted octanol–water partition coefficient (Wildman–Crippen LogP) is 4.22. The third kappa shape index (κ3) is 3.49. The van der Waals surface area contributed by atoms with Gasteiger partial charge in [-0.1, -0.05) is 18.2 Å². The number of rotatable bonds is 6. The molecule has 144 valence electrons. The van der Waals surface area contributed by atoms with Crippen molar-refractivity contribution in [2.24, 2.45) is 0 Å². The van der Waals surface area contributed by atoms with E-state index in [9.17, 15) is 9.59 Å². The fraction of sp³-hybridized carbons (Fsp3) is 0.182. The number of ketones is 1. The van der Waals surface area contributed by atoms with Gasteiger partial charge in [-0.15, -0.1) is 0 Å². The summed E-state index contributed by atoms with van der Waals surface area (Å²) in [4.78, 5) is 24.6. The lowest BCUT2D eigenvalue weighted by molar-refractivity contribution is 0.0941. The summed E-state index contributed by atoms with van der Waals surface area (Å²) in [6.07, 6.45) is 4.90. The molecular weight excluding hydrogens is 358 g/mol. The first-order valence-corrected chi connectivity index (χ1v) is 8.63. The van der Waals surface area contributed by atoms with Gasteiger partial charge in [-0.05, 0) is 30.4 Å². The van der Waals surface area contributed by atoms with E-state index >= 15 is 0 Å². The maximum atomic E-state index is 12.7. The Morgan fingerprint density at radius 2 is 1.61 bits per heavy atom. The molecule has 0 radical (unpaired) electrons. The van der Waals surface area contributed by atoms with Crippen LogP contribution in [-0.2, 0) is 0 Å². The molecule has 1 aromatic heterocycles. The van der Waals surface area contributed by atoms with Crippen molar-refractivity contribution in [1.29, 1.82) is 0 Å². The van der Waals surface area contributed by atoms with Crippen LogP contribution in [0.5, 0.6) is 17.2 Å². The fourth-order valence-electron chi connectivity index (χ4n) is 3.08. The van der Waals surface area contributed by atoms with Crippen molar-refractivity contribution in [2.45, 2.75) is 6.92 Å². The van der Waals surface area contributed by atoms with Crippen molar-refractivity contribution in [3.8, 4) is 17.2 Å². The van der Waals surface area contributed by atoms with E-state index in [0.717, 1.165) is 16.5 Å². The minimum atomic E-state index is -0.223. The molecule has 3 rings (SSSR count). The predicted molar refractivity (Wildman–Crippen MR) is 108 cm³/mol. The Kier molecular flexibility index (Phi) is 5.49.